The molecule has 1 amide bonds. The van der Waals surface area contributed by atoms with E-state index >= 15 is 0 Å². The summed E-state index contributed by atoms with van der Waals surface area (Å²) in [5, 5.41) is 9.42. The molecule has 0 aromatic heterocycles. The van der Waals surface area contributed by atoms with Gasteiger partial charge in [0.2, 0.25) is 15.9 Å². The summed E-state index contributed by atoms with van der Waals surface area (Å²) in [6.45, 7) is 4.23. The monoisotopic (exact) mass is 354 g/mol. The van der Waals surface area contributed by atoms with E-state index in [0.717, 1.165) is 5.56 Å². The number of carbonyl (C=O) groups is 2. The molecule has 2 rings (SSSR count). The highest BCUT2D eigenvalue weighted by atomic mass is 32.2. The van der Waals surface area contributed by atoms with Crippen LogP contribution in [0.2, 0.25) is 0 Å². The number of hydrogen-bond donors (Lipinski definition) is 1. The van der Waals surface area contributed by atoms with Gasteiger partial charge in [0.25, 0.3) is 0 Å². The third-order valence-electron chi connectivity index (χ3n) is 4.25. The molecule has 0 saturated heterocycles. The van der Waals surface area contributed by atoms with Gasteiger partial charge in [-0.3, -0.25) is 9.59 Å². The van der Waals surface area contributed by atoms with E-state index < -0.39 is 33.6 Å². The molecule has 0 spiro atoms. The lowest BCUT2D eigenvalue weighted by Crippen LogP contribution is -2.45. The fraction of sp³-hybridized carbons (Fsp3) is 0.500. The third-order valence-corrected chi connectivity index (χ3v) is 6.17. The lowest BCUT2D eigenvalue weighted by Gasteiger charge is -2.33. The van der Waals surface area contributed by atoms with Crippen LogP contribution in [-0.2, 0) is 26.2 Å². The van der Waals surface area contributed by atoms with Crippen molar-refractivity contribution in [1.29, 1.82) is 0 Å². The normalized spacial score (nSPS) is 17.6. The van der Waals surface area contributed by atoms with Crippen LogP contribution < -0.4 is 0 Å². The fourth-order valence-electron chi connectivity index (χ4n) is 2.96. The van der Waals surface area contributed by atoms with Crippen molar-refractivity contribution >= 4 is 21.9 Å². The molecule has 0 bridgehead atoms. The van der Waals surface area contributed by atoms with Crippen molar-refractivity contribution in [1.82, 2.24) is 9.21 Å². The molecule has 1 N–H and O–H groups in total. The Kier molecular flexibility index (Phi) is 5.61. The Morgan fingerprint density at radius 3 is 2.46 bits per heavy atom. The number of fused-ring (bicyclic) bond motifs is 1. The van der Waals surface area contributed by atoms with Gasteiger partial charge in [-0.1, -0.05) is 38.1 Å². The second-order valence-corrected chi connectivity index (χ2v) is 7.67. The molecule has 132 valence electrons. The molecule has 1 heterocycles. The van der Waals surface area contributed by atoms with Crippen LogP contribution in [0.3, 0.4) is 0 Å². The maximum Gasteiger partial charge on any atom is 0.312 e. The number of nitrogens with zero attached hydrogens (tertiary/aromatic N) is 2. The lowest BCUT2D eigenvalue weighted by atomic mass is 9.90. The largest absolute Gasteiger partial charge is 0.481 e. The van der Waals surface area contributed by atoms with Gasteiger partial charge in [-0.25, -0.2) is 12.7 Å². The number of amides is 1. The number of carboxylic acids is 1. The summed E-state index contributed by atoms with van der Waals surface area (Å²) in [7, 11) is -3.69. The Hall–Kier alpha value is -1.93. The average Bonchev–Trinajstić information content (AvgIpc) is 2.53. The highest BCUT2D eigenvalue weighted by Crippen LogP contribution is 2.28. The fourth-order valence-corrected chi connectivity index (χ4v) is 4.43. The minimum absolute atomic E-state index is 0.0149. The first-order chi connectivity index (χ1) is 11.3. The SMILES string of the molecule is CCN(CC)S(=O)(=O)CC(=O)N1Cc2ccccc2C(C(=O)O)C1. The zero-order valence-corrected chi connectivity index (χ0v) is 14.6. The van der Waals surface area contributed by atoms with Gasteiger partial charge in [0.05, 0.1) is 5.92 Å². The summed E-state index contributed by atoms with van der Waals surface area (Å²) >= 11 is 0. The first-order valence-corrected chi connectivity index (χ1v) is 9.47. The van der Waals surface area contributed by atoms with Crippen molar-refractivity contribution in [3.05, 3.63) is 35.4 Å². The van der Waals surface area contributed by atoms with Crippen molar-refractivity contribution in [2.24, 2.45) is 0 Å². The van der Waals surface area contributed by atoms with Crippen LogP contribution in [0.25, 0.3) is 0 Å². The highest BCUT2D eigenvalue weighted by molar-refractivity contribution is 7.89. The van der Waals surface area contributed by atoms with Gasteiger partial charge in [0.1, 0.15) is 5.75 Å². The predicted octanol–water partition coefficient (Wildman–Crippen LogP) is 0.869. The van der Waals surface area contributed by atoms with Crippen LogP contribution in [0.1, 0.15) is 30.9 Å². The van der Waals surface area contributed by atoms with Gasteiger partial charge in [-0.15, -0.1) is 0 Å². The van der Waals surface area contributed by atoms with Gasteiger partial charge < -0.3 is 10.0 Å². The molecule has 24 heavy (non-hydrogen) atoms. The Labute approximate surface area is 141 Å². The summed E-state index contributed by atoms with van der Waals surface area (Å²) in [5.41, 5.74) is 1.42. The summed E-state index contributed by atoms with van der Waals surface area (Å²) in [6.07, 6.45) is 0. The Morgan fingerprint density at radius 2 is 1.88 bits per heavy atom. The number of hydrogen-bond acceptors (Lipinski definition) is 4. The summed E-state index contributed by atoms with van der Waals surface area (Å²) in [4.78, 5) is 25.3. The zero-order chi connectivity index (χ0) is 17.9. The van der Waals surface area contributed by atoms with E-state index in [2.05, 4.69) is 0 Å². The molecule has 0 radical (unpaired) electrons. The first kappa shape index (κ1) is 18.4. The lowest BCUT2D eigenvalue weighted by molar-refractivity contribution is -0.140. The topological polar surface area (TPSA) is 95.0 Å². The van der Waals surface area contributed by atoms with Gasteiger partial charge in [-0.2, -0.15) is 0 Å². The number of carbonyl (C=O) groups excluding carboxylic acids is 1. The standard InChI is InChI=1S/C16H22N2O5S/c1-3-18(4-2)24(22,23)11-15(19)17-9-12-7-5-6-8-13(12)14(10-17)16(20)21/h5-8,14H,3-4,9-11H2,1-2H3,(H,20,21). The molecule has 1 atom stereocenters. The predicted molar refractivity (Wildman–Crippen MR) is 88.9 cm³/mol. The maximum atomic E-state index is 12.5. The second-order valence-electron chi connectivity index (χ2n) is 5.70. The minimum Gasteiger partial charge on any atom is -0.481 e. The van der Waals surface area contributed by atoms with Crippen molar-refractivity contribution in [3.63, 3.8) is 0 Å². The van der Waals surface area contributed by atoms with E-state index in [4.69, 9.17) is 0 Å². The molecular formula is C16H22N2O5S. The molecule has 1 aliphatic heterocycles. The second kappa shape index (κ2) is 7.31. The molecule has 1 aromatic carbocycles. The number of carboxylic acid groups (broad SMARTS) is 1. The third kappa shape index (κ3) is 3.76. The summed E-state index contributed by atoms with van der Waals surface area (Å²) in [6, 6.07) is 7.04. The molecule has 7 nitrogen and oxygen atoms in total. The number of rotatable bonds is 6. The molecule has 1 aliphatic rings. The van der Waals surface area contributed by atoms with Gasteiger partial charge in [-0.05, 0) is 11.1 Å². The molecule has 8 heteroatoms. The molecular weight excluding hydrogens is 332 g/mol. The van der Waals surface area contributed by atoms with E-state index in [1.54, 1.807) is 38.1 Å². The highest BCUT2D eigenvalue weighted by Gasteiger charge is 2.34. The molecule has 0 fully saturated rings. The summed E-state index contributed by atoms with van der Waals surface area (Å²) < 4.78 is 25.8. The van der Waals surface area contributed by atoms with Crippen LogP contribution in [-0.4, -0.2) is 60.0 Å². The van der Waals surface area contributed by atoms with E-state index in [1.807, 2.05) is 0 Å². The van der Waals surface area contributed by atoms with Gasteiger partial charge in [0, 0.05) is 26.2 Å². The van der Waals surface area contributed by atoms with E-state index in [9.17, 15) is 23.1 Å². The number of sulfonamides is 1. The van der Waals surface area contributed by atoms with E-state index in [1.165, 1.54) is 9.21 Å². The van der Waals surface area contributed by atoms with E-state index in [-0.39, 0.29) is 13.1 Å². The zero-order valence-electron chi connectivity index (χ0n) is 13.8. The van der Waals surface area contributed by atoms with Crippen molar-refractivity contribution in [2.45, 2.75) is 26.3 Å². The van der Waals surface area contributed by atoms with Crippen LogP contribution in [0, 0.1) is 0 Å². The van der Waals surface area contributed by atoms with Crippen LogP contribution in [0.15, 0.2) is 24.3 Å². The van der Waals surface area contributed by atoms with Crippen LogP contribution >= 0.6 is 0 Å². The molecule has 1 unspecified atom stereocenters. The van der Waals surface area contributed by atoms with Crippen LogP contribution in [0.4, 0.5) is 0 Å². The molecule has 0 aliphatic carbocycles. The van der Waals surface area contributed by atoms with Crippen molar-refractivity contribution in [2.75, 3.05) is 25.4 Å². The number of benzene rings is 1. The average molecular weight is 354 g/mol. The van der Waals surface area contributed by atoms with Gasteiger partial charge in [0.15, 0.2) is 0 Å². The molecule has 0 saturated carbocycles. The first-order valence-electron chi connectivity index (χ1n) is 7.86. The molecule has 1 aromatic rings. The van der Waals surface area contributed by atoms with Crippen molar-refractivity contribution < 1.29 is 23.1 Å². The Balaban J connectivity index is 2.21. The summed E-state index contributed by atoms with van der Waals surface area (Å²) in [5.74, 6) is -3.06. The minimum atomic E-state index is -3.69. The Morgan fingerprint density at radius 1 is 1.25 bits per heavy atom. The van der Waals surface area contributed by atoms with Crippen molar-refractivity contribution in [3.8, 4) is 0 Å². The smallest absolute Gasteiger partial charge is 0.312 e. The van der Waals surface area contributed by atoms with E-state index in [0.29, 0.717) is 18.7 Å². The maximum absolute atomic E-state index is 12.5. The van der Waals surface area contributed by atoms with Gasteiger partial charge >= 0.3 is 5.97 Å². The Bertz CT molecular complexity index is 728. The quantitative estimate of drug-likeness (QED) is 0.818. The number of aliphatic carboxylic acids is 1. The van der Waals surface area contributed by atoms with Crippen LogP contribution in [0.5, 0.6) is 0 Å².